The van der Waals surface area contributed by atoms with Crippen LogP contribution in [0.3, 0.4) is 0 Å². The van der Waals surface area contributed by atoms with Crippen LogP contribution in [-0.2, 0) is 11.3 Å². The van der Waals surface area contributed by atoms with Crippen LogP contribution in [0.25, 0.3) is 0 Å². The maximum Gasteiger partial charge on any atom is 0.407 e. The Morgan fingerprint density at radius 1 is 1.45 bits per heavy atom. The lowest BCUT2D eigenvalue weighted by molar-refractivity contribution is 0.0495. The smallest absolute Gasteiger partial charge is 0.407 e. The maximum absolute atomic E-state index is 11.6. The van der Waals surface area contributed by atoms with E-state index in [0.717, 1.165) is 0 Å². The van der Waals surface area contributed by atoms with Crippen molar-refractivity contribution in [2.24, 2.45) is 0 Å². The Labute approximate surface area is 118 Å². The predicted molar refractivity (Wildman–Crippen MR) is 73.3 cm³/mol. The van der Waals surface area contributed by atoms with E-state index in [2.05, 4.69) is 15.3 Å². The van der Waals surface area contributed by atoms with Gasteiger partial charge in [-0.1, -0.05) is 0 Å². The first-order valence-electron chi connectivity index (χ1n) is 6.53. The molecule has 1 saturated heterocycles. The molecule has 110 valence electrons. The van der Waals surface area contributed by atoms with E-state index < -0.39 is 11.7 Å². The first kappa shape index (κ1) is 14.5. The maximum atomic E-state index is 11.6. The van der Waals surface area contributed by atoms with Gasteiger partial charge >= 0.3 is 6.09 Å². The number of amides is 1. The van der Waals surface area contributed by atoms with Gasteiger partial charge in [-0.3, -0.25) is 0 Å². The van der Waals surface area contributed by atoms with Gasteiger partial charge in [0.05, 0.1) is 12.6 Å². The van der Waals surface area contributed by atoms with Crippen molar-refractivity contribution in [1.82, 2.24) is 15.3 Å². The van der Waals surface area contributed by atoms with Gasteiger partial charge in [0.2, 0.25) is 5.95 Å². The highest BCUT2D eigenvalue weighted by atomic mass is 16.6. The Kier molecular flexibility index (Phi) is 4.08. The fourth-order valence-corrected chi connectivity index (χ4v) is 1.80. The molecule has 0 aromatic carbocycles. The number of nitrogens with zero attached hydrogens (tertiary/aromatic N) is 3. The average molecular weight is 280 g/mol. The van der Waals surface area contributed by atoms with Crippen LogP contribution < -0.4 is 10.2 Å². The quantitative estimate of drug-likeness (QED) is 0.846. The van der Waals surface area contributed by atoms with Gasteiger partial charge in [0.15, 0.2) is 0 Å². The number of aliphatic hydroxyl groups excluding tert-OH is 1. The van der Waals surface area contributed by atoms with Crippen molar-refractivity contribution in [2.45, 2.75) is 39.0 Å². The lowest BCUT2D eigenvalue weighted by atomic mass is 10.1. The highest BCUT2D eigenvalue weighted by Crippen LogP contribution is 2.16. The fraction of sp³-hybridized carbons (Fsp3) is 0.615. The predicted octanol–water partition coefficient (Wildman–Crippen LogP) is 0.682. The lowest BCUT2D eigenvalue weighted by Crippen LogP contribution is -2.60. The minimum atomic E-state index is -0.489. The van der Waals surface area contributed by atoms with Gasteiger partial charge in [0.25, 0.3) is 0 Å². The molecule has 0 radical (unpaired) electrons. The van der Waals surface area contributed by atoms with E-state index in [-0.39, 0.29) is 12.6 Å². The molecular formula is C13H20N4O3. The number of aliphatic hydroxyl groups is 1. The molecule has 1 aliphatic rings. The highest BCUT2D eigenvalue weighted by Gasteiger charge is 2.31. The van der Waals surface area contributed by atoms with Gasteiger partial charge < -0.3 is 20.1 Å². The van der Waals surface area contributed by atoms with Crippen molar-refractivity contribution in [3.8, 4) is 0 Å². The Morgan fingerprint density at radius 2 is 2.05 bits per heavy atom. The molecule has 7 heteroatoms. The number of carbonyl (C=O) groups excluding carboxylic acids is 1. The molecule has 0 spiro atoms. The van der Waals surface area contributed by atoms with Crippen LogP contribution in [0.1, 0.15) is 26.3 Å². The van der Waals surface area contributed by atoms with Crippen LogP contribution >= 0.6 is 0 Å². The standard InChI is InChI=1S/C13H20N4O3/c1-13(2,3)20-12(19)16-10-6-17(7-10)11-14-4-9(8-18)5-15-11/h4-5,10,18H,6-8H2,1-3H3,(H,16,19). The number of alkyl carbamates (subject to hydrolysis) is 1. The zero-order chi connectivity index (χ0) is 14.8. The van der Waals surface area contributed by atoms with Crippen molar-refractivity contribution in [3.63, 3.8) is 0 Å². The van der Waals surface area contributed by atoms with E-state index in [1.807, 2.05) is 25.7 Å². The summed E-state index contributed by atoms with van der Waals surface area (Å²) < 4.78 is 5.19. The summed E-state index contributed by atoms with van der Waals surface area (Å²) in [4.78, 5) is 21.8. The second kappa shape index (κ2) is 5.62. The zero-order valence-electron chi connectivity index (χ0n) is 12.0. The molecule has 2 heterocycles. The van der Waals surface area contributed by atoms with Gasteiger partial charge in [0, 0.05) is 31.0 Å². The molecule has 7 nitrogen and oxygen atoms in total. The molecule has 0 bridgehead atoms. The number of hydrogen-bond acceptors (Lipinski definition) is 6. The van der Waals surface area contributed by atoms with E-state index in [4.69, 9.17) is 9.84 Å². The molecule has 2 N–H and O–H groups in total. The summed E-state index contributed by atoms with van der Waals surface area (Å²) in [5.74, 6) is 0.601. The highest BCUT2D eigenvalue weighted by molar-refractivity contribution is 5.68. The van der Waals surface area contributed by atoms with Crippen LogP contribution in [0.15, 0.2) is 12.4 Å². The second-order valence-electron chi connectivity index (χ2n) is 5.80. The molecule has 2 rings (SSSR count). The first-order chi connectivity index (χ1) is 9.37. The molecule has 0 atom stereocenters. The first-order valence-corrected chi connectivity index (χ1v) is 6.53. The molecule has 0 saturated carbocycles. The van der Waals surface area contributed by atoms with Crippen molar-refractivity contribution < 1.29 is 14.6 Å². The summed E-state index contributed by atoms with van der Waals surface area (Å²) in [6.45, 7) is 6.72. The summed E-state index contributed by atoms with van der Waals surface area (Å²) in [5.41, 5.74) is 0.189. The van der Waals surface area contributed by atoms with E-state index in [1.54, 1.807) is 12.4 Å². The average Bonchev–Trinajstić information content (AvgIpc) is 2.31. The minimum Gasteiger partial charge on any atom is -0.444 e. The molecule has 1 aromatic heterocycles. The number of anilines is 1. The summed E-state index contributed by atoms with van der Waals surface area (Å²) in [7, 11) is 0. The van der Waals surface area contributed by atoms with Crippen LogP contribution in [0, 0.1) is 0 Å². The molecule has 1 fully saturated rings. The van der Waals surface area contributed by atoms with Gasteiger partial charge in [0.1, 0.15) is 5.60 Å². The topological polar surface area (TPSA) is 87.6 Å². The number of rotatable bonds is 3. The van der Waals surface area contributed by atoms with Crippen LogP contribution in [0.2, 0.25) is 0 Å². The van der Waals surface area contributed by atoms with Crippen molar-refractivity contribution in [1.29, 1.82) is 0 Å². The molecule has 1 aliphatic heterocycles. The van der Waals surface area contributed by atoms with E-state index in [1.165, 1.54) is 0 Å². The minimum absolute atomic E-state index is 0.0472. The molecule has 1 aromatic rings. The normalized spacial score (nSPS) is 15.7. The van der Waals surface area contributed by atoms with Gasteiger partial charge in [-0.25, -0.2) is 14.8 Å². The zero-order valence-corrected chi connectivity index (χ0v) is 12.0. The Morgan fingerprint density at radius 3 is 2.55 bits per heavy atom. The number of hydrogen-bond donors (Lipinski definition) is 2. The summed E-state index contributed by atoms with van der Waals surface area (Å²) in [5, 5.41) is 11.7. The fourth-order valence-electron chi connectivity index (χ4n) is 1.80. The number of carbonyl (C=O) groups is 1. The second-order valence-corrected chi connectivity index (χ2v) is 5.80. The lowest BCUT2D eigenvalue weighted by Gasteiger charge is -2.39. The SMILES string of the molecule is CC(C)(C)OC(=O)NC1CN(c2ncc(CO)cn2)C1. The third kappa shape index (κ3) is 3.80. The van der Waals surface area contributed by atoms with Crippen LogP contribution in [0.4, 0.5) is 10.7 Å². The molecular weight excluding hydrogens is 260 g/mol. The summed E-state index contributed by atoms with van der Waals surface area (Å²) >= 11 is 0. The van der Waals surface area contributed by atoms with E-state index in [9.17, 15) is 4.79 Å². The molecule has 1 amide bonds. The van der Waals surface area contributed by atoms with Gasteiger partial charge in [-0.05, 0) is 20.8 Å². The molecule has 20 heavy (non-hydrogen) atoms. The summed E-state index contributed by atoms with van der Waals surface area (Å²) in [6.07, 6.45) is 2.78. The summed E-state index contributed by atoms with van der Waals surface area (Å²) in [6, 6.07) is 0.0472. The third-order valence-electron chi connectivity index (χ3n) is 2.76. The Hall–Kier alpha value is -1.89. The Balaban J connectivity index is 1.78. The van der Waals surface area contributed by atoms with E-state index >= 15 is 0 Å². The van der Waals surface area contributed by atoms with Crippen LogP contribution in [0.5, 0.6) is 0 Å². The molecule has 0 aliphatic carbocycles. The van der Waals surface area contributed by atoms with Crippen LogP contribution in [-0.4, -0.2) is 45.9 Å². The van der Waals surface area contributed by atoms with Gasteiger partial charge in [-0.15, -0.1) is 0 Å². The number of aromatic nitrogens is 2. The number of ether oxygens (including phenoxy) is 1. The number of nitrogens with one attached hydrogen (secondary N) is 1. The van der Waals surface area contributed by atoms with Gasteiger partial charge in [-0.2, -0.15) is 0 Å². The van der Waals surface area contributed by atoms with Crippen molar-refractivity contribution in [3.05, 3.63) is 18.0 Å². The van der Waals surface area contributed by atoms with Crippen molar-refractivity contribution in [2.75, 3.05) is 18.0 Å². The third-order valence-corrected chi connectivity index (χ3v) is 2.76. The monoisotopic (exact) mass is 280 g/mol. The molecule has 0 unspecified atom stereocenters. The van der Waals surface area contributed by atoms with E-state index in [0.29, 0.717) is 24.6 Å². The van der Waals surface area contributed by atoms with Crippen molar-refractivity contribution >= 4 is 12.0 Å². The largest absolute Gasteiger partial charge is 0.444 e. The Bertz CT molecular complexity index is 463.